The van der Waals surface area contributed by atoms with Gasteiger partial charge in [-0.15, -0.1) is 6.58 Å². The Hall–Kier alpha value is -0.833. The molecule has 0 aromatic carbocycles. The monoisotopic (exact) mass is 212 g/mol. The summed E-state index contributed by atoms with van der Waals surface area (Å²) in [6.45, 7) is 16.0. The van der Waals surface area contributed by atoms with Crippen LogP contribution in [0.4, 0.5) is 0 Å². The molecule has 2 nitrogen and oxygen atoms in total. The molecule has 0 bridgehead atoms. The molecule has 1 unspecified atom stereocenters. The summed E-state index contributed by atoms with van der Waals surface area (Å²) in [6.07, 6.45) is 1.85. The lowest BCUT2D eigenvalue weighted by molar-refractivity contribution is -0.141. The minimum atomic E-state index is -1.30. The highest BCUT2D eigenvalue weighted by Gasteiger charge is 2.20. The maximum absolute atomic E-state index is 10.9. The molecule has 0 radical (unpaired) electrons. The van der Waals surface area contributed by atoms with E-state index < -0.39 is 8.07 Å². The Labute approximate surface area is 87.7 Å². The number of hydrogen-bond donors (Lipinski definition) is 0. The van der Waals surface area contributed by atoms with Gasteiger partial charge in [0.25, 0.3) is 0 Å². The van der Waals surface area contributed by atoms with Crippen LogP contribution < -0.4 is 0 Å². The van der Waals surface area contributed by atoms with Gasteiger partial charge in [0.15, 0.2) is 0 Å². The predicted molar refractivity (Wildman–Crippen MR) is 62.9 cm³/mol. The molecule has 0 aliphatic carbocycles. The van der Waals surface area contributed by atoms with E-state index in [4.69, 9.17) is 4.74 Å². The molecule has 0 aromatic rings. The lowest BCUT2D eigenvalue weighted by Crippen LogP contribution is -2.27. The van der Waals surface area contributed by atoms with Crippen molar-refractivity contribution >= 4 is 14.0 Å². The second-order valence-corrected chi connectivity index (χ2v) is 9.72. The molecule has 0 rings (SSSR count). The summed E-state index contributed by atoms with van der Waals surface area (Å²) in [5, 5.41) is 1.22. The van der Waals surface area contributed by atoms with Crippen LogP contribution in [0.2, 0.25) is 19.6 Å². The Kier molecular flexibility index (Phi) is 4.84. The highest BCUT2D eigenvalue weighted by atomic mass is 28.3. The van der Waals surface area contributed by atoms with E-state index in [0.717, 1.165) is 6.42 Å². The second kappa shape index (κ2) is 5.15. The zero-order valence-corrected chi connectivity index (χ0v) is 10.6. The number of rotatable bonds is 5. The van der Waals surface area contributed by atoms with Crippen LogP contribution in [0.5, 0.6) is 0 Å². The fourth-order valence-electron chi connectivity index (χ4n) is 0.941. The minimum absolute atomic E-state index is 0.0975. The molecule has 0 spiro atoms. The highest BCUT2D eigenvalue weighted by Crippen LogP contribution is 2.18. The third-order valence-electron chi connectivity index (χ3n) is 2.08. The smallest absolute Gasteiger partial charge is 0.330 e. The summed E-state index contributed by atoms with van der Waals surface area (Å²) in [6, 6.07) is 0. The SMILES string of the molecule is C=CC(=O)OC(C)CC(=C)[Si](C)(C)C. The molecular weight excluding hydrogens is 192 g/mol. The normalized spacial score (nSPS) is 13.1. The number of carbonyl (C=O) groups excluding carboxylic acids is 1. The van der Waals surface area contributed by atoms with Crippen molar-refractivity contribution in [1.29, 1.82) is 0 Å². The third-order valence-corrected chi connectivity index (χ3v) is 4.40. The van der Waals surface area contributed by atoms with Gasteiger partial charge in [-0.3, -0.25) is 0 Å². The van der Waals surface area contributed by atoms with Gasteiger partial charge in [0, 0.05) is 12.5 Å². The van der Waals surface area contributed by atoms with Crippen molar-refractivity contribution in [3.63, 3.8) is 0 Å². The summed E-state index contributed by atoms with van der Waals surface area (Å²) in [4.78, 5) is 10.9. The van der Waals surface area contributed by atoms with E-state index in [0.29, 0.717) is 0 Å². The van der Waals surface area contributed by atoms with E-state index in [1.165, 1.54) is 11.3 Å². The van der Waals surface area contributed by atoms with E-state index >= 15 is 0 Å². The third kappa shape index (κ3) is 5.02. The molecular formula is C11H20O2Si. The van der Waals surface area contributed by atoms with Crippen LogP contribution in [0.3, 0.4) is 0 Å². The first kappa shape index (κ1) is 13.2. The van der Waals surface area contributed by atoms with Gasteiger partial charge < -0.3 is 4.74 Å². The Bertz CT molecular complexity index is 238. The summed E-state index contributed by atoms with van der Waals surface area (Å²) in [5.41, 5.74) is 0. The lowest BCUT2D eigenvalue weighted by Gasteiger charge is -2.22. The quantitative estimate of drug-likeness (QED) is 0.398. The van der Waals surface area contributed by atoms with Gasteiger partial charge in [0.1, 0.15) is 6.10 Å². The molecule has 0 aliphatic heterocycles. The van der Waals surface area contributed by atoms with Crippen molar-refractivity contribution in [3.05, 3.63) is 24.4 Å². The average Bonchev–Trinajstić information content (AvgIpc) is 2.02. The van der Waals surface area contributed by atoms with Crippen LogP contribution >= 0.6 is 0 Å². The molecule has 0 heterocycles. The van der Waals surface area contributed by atoms with Gasteiger partial charge in [-0.2, -0.15) is 0 Å². The lowest BCUT2D eigenvalue weighted by atomic mass is 10.3. The van der Waals surface area contributed by atoms with Gasteiger partial charge in [-0.25, -0.2) is 4.79 Å². The topological polar surface area (TPSA) is 26.3 Å². The molecule has 80 valence electrons. The maximum atomic E-state index is 10.9. The summed E-state index contributed by atoms with van der Waals surface area (Å²) in [5.74, 6) is -0.360. The molecule has 3 heteroatoms. The number of carbonyl (C=O) groups is 1. The first-order valence-corrected chi connectivity index (χ1v) is 8.28. The largest absolute Gasteiger partial charge is 0.459 e. The minimum Gasteiger partial charge on any atom is -0.459 e. The van der Waals surface area contributed by atoms with E-state index in [2.05, 4.69) is 32.8 Å². The number of esters is 1. The number of hydrogen-bond acceptors (Lipinski definition) is 2. The predicted octanol–water partition coefficient (Wildman–Crippen LogP) is 2.93. The molecule has 0 fully saturated rings. The van der Waals surface area contributed by atoms with Crippen molar-refractivity contribution in [3.8, 4) is 0 Å². The molecule has 0 aromatic heterocycles. The molecule has 0 saturated carbocycles. The van der Waals surface area contributed by atoms with Crippen molar-refractivity contribution in [2.45, 2.75) is 39.1 Å². The first-order chi connectivity index (χ1) is 6.27. The average molecular weight is 212 g/mol. The van der Waals surface area contributed by atoms with Crippen LogP contribution in [-0.2, 0) is 9.53 Å². The van der Waals surface area contributed by atoms with Crippen LogP contribution in [0, 0.1) is 0 Å². The zero-order valence-electron chi connectivity index (χ0n) is 9.59. The standard InChI is InChI=1S/C11H20O2Si/c1-7-11(12)13-9(2)8-10(3)14(4,5)6/h7,9H,1,3,8H2,2,4-6H3. The zero-order chi connectivity index (χ0) is 11.4. The fraction of sp³-hybridized carbons (Fsp3) is 0.545. The van der Waals surface area contributed by atoms with E-state index in [-0.39, 0.29) is 12.1 Å². The van der Waals surface area contributed by atoms with Gasteiger partial charge in [-0.05, 0) is 6.92 Å². The Morgan fingerprint density at radius 1 is 1.50 bits per heavy atom. The Morgan fingerprint density at radius 2 is 2.00 bits per heavy atom. The molecule has 0 aliphatic rings. The second-order valence-electron chi connectivity index (χ2n) is 4.51. The van der Waals surface area contributed by atoms with Crippen molar-refractivity contribution in [2.75, 3.05) is 0 Å². The van der Waals surface area contributed by atoms with E-state index in [1.807, 2.05) is 6.92 Å². The molecule has 1 atom stereocenters. The Morgan fingerprint density at radius 3 is 2.36 bits per heavy atom. The van der Waals surface area contributed by atoms with Gasteiger partial charge >= 0.3 is 5.97 Å². The Balaban J connectivity index is 4.07. The van der Waals surface area contributed by atoms with Gasteiger partial charge in [0.2, 0.25) is 0 Å². The highest BCUT2D eigenvalue weighted by molar-refractivity contribution is 6.82. The van der Waals surface area contributed by atoms with E-state index in [1.54, 1.807) is 0 Å². The molecule has 0 N–H and O–H groups in total. The summed E-state index contributed by atoms with van der Waals surface area (Å²) in [7, 11) is -1.30. The molecule has 0 amide bonds. The van der Waals surface area contributed by atoms with Crippen LogP contribution in [0.15, 0.2) is 24.4 Å². The number of ether oxygens (including phenoxy) is 1. The van der Waals surface area contributed by atoms with Crippen LogP contribution in [0.1, 0.15) is 13.3 Å². The van der Waals surface area contributed by atoms with Crippen LogP contribution in [0.25, 0.3) is 0 Å². The summed E-state index contributed by atoms with van der Waals surface area (Å²) < 4.78 is 5.07. The summed E-state index contributed by atoms with van der Waals surface area (Å²) >= 11 is 0. The molecule has 14 heavy (non-hydrogen) atoms. The fourth-order valence-corrected chi connectivity index (χ4v) is 1.84. The van der Waals surface area contributed by atoms with E-state index in [9.17, 15) is 4.79 Å². The van der Waals surface area contributed by atoms with Crippen molar-refractivity contribution in [1.82, 2.24) is 0 Å². The van der Waals surface area contributed by atoms with Crippen molar-refractivity contribution < 1.29 is 9.53 Å². The van der Waals surface area contributed by atoms with Gasteiger partial charge in [-0.1, -0.05) is 31.4 Å². The maximum Gasteiger partial charge on any atom is 0.330 e. The van der Waals surface area contributed by atoms with Crippen LogP contribution in [-0.4, -0.2) is 20.1 Å². The van der Waals surface area contributed by atoms with Gasteiger partial charge in [0.05, 0.1) is 8.07 Å². The molecule has 0 saturated heterocycles. The van der Waals surface area contributed by atoms with Crippen molar-refractivity contribution in [2.24, 2.45) is 0 Å². The first-order valence-electron chi connectivity index (χ1n) is 4.78.